The number of amides is 1. The van der Waals surface area contributed by atoms with Crippen molar-refractivity contribution >= 4 is 27.5 Å². The lowest BCUT2D eigenvalue weighted by Crippen LogP contribution is -2.13. The molecule has 0 aliphatic heterocycles. The van der Waals surface area contributed by atoms with Gasteiger partial charge in [0.2, 0.25) is 5.91 Å². The summed E-state index contributed by atoms with van der Waals surface area (Å²) in [6.45, 7) is 4.16. The van der Waals surface area contributed by atoms with Gasteiger partial charge in [0.25, 0.3) is 0 Å². The molecule has 4 heteroatoms. The van der Waals surface area contributed by atoms with Crippen LogP contribution in [0.3, 0.4) is 0 Å². The minimum Gasteiger partial charge on any atom is -0.319 e. The zero-order valence-electron chi connectivity index (χ0n) is 11.1. The summed E-state index contributed by atoms with van der Waals surface area (Å²) in [5, 5.41) is 0. The predicted molar refractivity (Wildman–Crippen MR) is 75.6 cm³/mol. The van der Waals surface area contributed by atoms with Crippen LogP contribution >= 0.6 is 11.3 Å². The van der Waals surface area contributed by atoms with Gasteiger partial charge in [-0.25, -0.2) is 0 Å². The molecule has 1 aromatic carbocycles. The molecule has 0 bridgehead atoms. The molecular weight excluding hydrogens is 244 g/mol. The van der Waals surface area contributed by atoms with E-state index in [1.165, 1.54) is 15.8 Å². The number of carbonyl (C=O) groups excluding carboxylic acids is 1. The Kier molecular flexibility index (Phi) is 3.97. The number of nitrogens with zero attached hydrogens (tertiary/aromatic N) is 2. The van der Waals surface area contributed by atoms with Gasteiger partial charge in [0, 0.05) is 13.5 Å². The first-order chi connectivity index (χ1) is 8.63. The van der Waals surface area contributed by atoms with Gasteiger partial charge in [-0.15, -0.1) is 0 Å². The summed E-state index contributed by atoms with van der Waals surface area (Å²) in [5.41, 5.74) is 2.39. The first-order valence-corrected chi connectivity index (χ1v) is 7.08. The highest BCUT2D eigenvalue weighted by atomic mass is 32.1. The van der Waals surface area contributed by atoms with Gasteiger partial charge in [-0.2, -0.15) is 4.99 Å². The SMILES string of the molecule is CCCCC(=O)N=c1sc2cccc(C)c2n1C. The quantitative estimate of drug-likeness (QED) is 0.836. The van der Waals surface area contributed by atoms with Crippen molar-refractivity contribution in [2.45, 2.75) is 33.1 Å². The van der Waals surface area contributed by atoms with Gasteiger partial charge >= 0.3 is 0 Å². The summed E-state index contributed by atoms with van der Waals surface area (Å²) < 4.78 is 3.19. The third kappa shape index (κ3) is 2.53. The number of benzene rings is 1. The average molecular weight is 262 g/mol. The van der Waals surface area contributed by atoms with Gasteiger partial charge in [-0.3, -0.25) is 4.79 Å². The number of rotatable bonds is 3. The van der Waals surface area contributed by atoms with Crippen LogP contribution in [0.5, 0.6) is 0 Å². The first kappa shape index (κ1) is 13.0. The summed E-state index contributed by atoms with van der Waals surface area (Å²) in [6, 6.07) is 6.19. The molecule has 0 radical (unpaired) electrons. The predicted octanol–water partition coefficient (Wildman–Crippen LogP) is 3.17. The van der Waals surface area contributed by atoms with Crippen LogP contribution in [-0.2, 0) is 11.8 Å². The Labute approximate surface area is 111 Å². The zero-order valence-corrected chi connectivity index (χ0v) is 11.9. The topological polar surface area (TPSA) is 34.4 Å². The number of fused-ring (bicyclic) bond motifs is 1. The second-order valence-electron chi connectivity index (χ2n) is 4.47. The summed E-state index contributed by atoms with van der Waals surface area (Å²) in [5.74, 6) is -0.0170. The van der Waals surface area contributed by atoms with Crippen molar-refractivity contribution in [1.29, 1.82) is 0 Å². The van der Waals surface area contributed by atoms with Gasteiger partial charge < -0.3 is 4.57 Å². The van der Waals surface area contributed by atoms with Gasteiger partial charge in [-0.05, 0) is 25.0 Å². The molecule has 1 heterocycles. The van der Waals surface area contributed by atoms with E-state index in [4.69, 9.17) is 0 Å². The van der Waals surface area contributed by atoms with Gasteiger partial charge in [0.15, 0.2) is 4.80 Å². The second-order valence-corrected chi connectivity index (χ2v) is 5.48. The highest BCUT2D eigenvalue weighted by Gasteiger charge is 2.06. The number of para-hydroxylation sites is 1. The van der Waals surface area contributed by atoms with Crippen LogP contribution in [0.25, 0.3) is 10.2 Å². The van der Waals surface area contributed by atoms with Crippen LogP contribution in [-0.4, -0.2) is 10.5 Å². The molecule has 1 amide bonds. The van der Waals surface area contributed by atoms with Crippen molar-refractivity contribution in [3.05, 3.63) is 28.6 Å². The number of hydrogen-bond donors (Lipinski definition) is 0. The fourth-order valence-corrected chi connectivity index (χ4v) is 3.11. The number of thiazole rings is 1. The number of hydrogen-bond acceptors (Lipinski definition) is 2. The number of unbranched alkanes of at least 4 members (excludes halogenated alkanes) is 1. The maximum absolute atomic E-state index is 11.7. The maximum Gasteiger partial charge on any atom is 0.248 e. The fraction of sp³-hybridized carbons (Fsp3) is 0.429. The number of carbonyl (C=O) groups is 1. The van der Waals surface area contributed by atoms with E-state index in [1.807, 2.05) is 17.7 Å². The van der Waals surface area contributed by atoms with Crippen molar-refractivity contribution < 1.29 is 4.79 Å². The minimum absolute atomic E-state index is 0.0170. The number of aromatic nitrogens is 1. The van der Waals surface area contributed by atoms with Gasteiger partial charge in [0.1, 0.15) is 0 Å². The van der Waals surface area contributed by atoms with Crippen LogP contribution in [0.2, 0.25) is 0 Å². The van der Waals surface area contributed by atoms with E-state index in [2.05, 4.69) is 31.0 Å². The molecule has 0 unspecified atom stereocenters. The van der Waals surface area contributed by atoms with Crippen LogP contribution in [0.1, 0.15) is 31.7 Å². The molecule has 1 aromatic heterocycles. The second kappa shape index (κ2) is 5.48. The fourth-order valence-electron chi connectivity index (χ4n) is 2.00. The third-order valence-corrected chi connectivity index (χ3v) is 4.09. The maximum atomic E-state index is 11.7. The van der Waals surface area contributed by atoms with Crippen molar-refractivity contribution in [1.82, 2.24) is 4.57 Å². The zero-order chi connectivity index (χ0) is 13.1. The molecule has 2 aromatic rings. The summed E-state index contributed by atoms with van der Waals surface area (Å²) in [4.78, 5) is 16.7. The Bertz CT molecular complexity index is 637. The van der Waals surface area contributed by atoms with E-state index in [0.29, 0.717) is 6.42 Å². The van der Waals surface area contributed by atoms with Crippen LogP contribution in [0.15, 0.2) is 23.2 Å². The van der Waals surface area contributed by atoms with Crippen LogP contribution in [0.4, 0.5) is 0 Å². The lowest BCUT2D eigenvalue weighted by Gasteiger charge is -1.98. The lowest BCUT2D eigenvalue weighted by atomic mass is 10.2. The molecule has 0 atom stereocenters. The average Bonchev–Trinajstić information content (AvgIpc) is 2.65. The molecule has 0 saturated heterocycles. The van der Waals surface area contributed by atoms with Crippen LogP contribution < -0.4 is 4.80 Å². The Hall–Kier alpha value is -1.42. The molecular formula is C14H18N2OS. The van der Waals surface area contributed by atoms with Crippen molar-refractivity contribution in [3.63, 3.8) is 0 Å². The first-order valence-electron chi connectivity index (χ1n) is 6.26. The monoisotopic (exact) mass is 262 g/mol. The molecule has 18 heavy (non-hydrogen) atoms. The van der Waals surface area contributed by atoms with Gasteiger partial charge in [0.05, 0.1) is 10.2 Å². The van der Waals surface area contributed by atoms with Crippen molar-refractivity contribution in [2.24, 2.45) is 12.0 Å². The molecule has 2 rings (SSSR count). The molecule has 0 spiro atoms. The van der Waals surface area contributed by atoms with E-state index in [-0.39, 0.29) is 5.91 Å². The minimum atomic E-state index is -0.0170. The normalized spacial score (nSPS) is 12.3. The highest BCUT2D eigenvalue weighted by molar-refractivity contribution is 7.16. The number of aryl methyl sites for hydroxylation is 2. The molecule has 96 valence electrons. The van der Waals surface area contributed by atoms with Crippen LogP contribution in [0, 0.1) is 6.92 Å². The standard InChI is InChI=1S/C14H18N2OS/c1-4-5-9-12(17)15-14-16(3)13-10(2)7-6-8-11(13)18-14/h6-8H,4-5,9H2,1-3H3. The summed E-state index contributed by atoms with van der Waals surface area (Å²) in [6.07, 6.45) is 2.48. The van der Waals surface area contributed by atoms with E-state index in [0.717, 1.165) is 17.6 Å². The smallest absolute Gasteiger partial charge is 0.248 e. The Morgan fingerprint density at radius 1 is 1.44 bits per heavy atom. The lowest BCUT2D eigenvalue weighted by molar-refractivity contribution is -0.118. The molecule has 0 aliphatic rings. The van der Waals surface area contributed by atoms with Crippen molar-refractivity contribution in [2.75, 3.05) is 0 Å². The largest absolute Gasteiger partial charge is 0.319 e. The molecule has 0 N–H and O–H groups in total. The van der Waals surface area contributed by atoms with E-state index in [1.54, 1.807) is 11.3 Å². The highest BCUT2D eigenvalue weighted by Crippen LogP contribution is 2.19. The van der Waals surface area contributed by atoms with E-state index in [9.17, 15) is 4.79 Å². The van der Waals surface area contributed by atoms with Gasteiger partial charge in [-0.1, -0.05) is 36.8 Å². The van der Waals surface area contributed by atoms with Crippen molar-refractivity contribution in [3.8, 4) is 0 Å². The summed E-state index contributed by atoms with van der Waals surface area (Å²) in [7, 11) is 1.97. The Balaban J connectivity index is 2.46. The molecule has 3 nitrogen and oxygen atoms in total. The molecule has 0 aliphatic carbocycles. The summed E-state index contributed by atoms with van der Waals surface area (Å²) >= 11 is 1.58. The Morgan fingerprint density at radius 2 is 2.22 bits per heavy atom. The molecule has 0 saturated carbocycles. The Morgan fingerprint density at radius 3 is 2.89 bits per heavy atom. The third-order valence-electron chi connectivity index (χ3n) is 2.99. The van der Waals surface area contributed by atoms with E-state index >= 15 is 0 Å². The van der Waals surface area contributed by atoms with E-state index < -0.39 is 0 Å². The molecule has 0 fully saturated rings.